The molecule has 0 amide bonds. The van der Waals surface area contributed by atoms with E-state index in [9.17, 15) is 0 Å². The Morgan fingerprint density at radius 2 is 2.12 bits per heavy atom. The molecule has 0 spiro atoms. The molecule has 1 saturated carbocycles. The summed E-state index contributed by atoms with van der Waals surface area (Å²) in [6.07, 6.45) is 6.45. The highest BCUT2D eigenvalue weighted by Gasteiger charge is 2.36. The molecule has 1 aromatic rings. The van der Waals surface area contributed by atoms with E-state index >= 15 is 0 Å². The van der Waals surface area contributed by atoms with Crippen molar-refractivity contribution in [2.24, 2.45) is 11.7 Å². The summed E-state index contributed by atoms with van der Waals surface area (Å²) in [5, 5.41) is 3.78. The molecule has 2 nitrogen and oxygen atoms in total. The summed E-state index contributed by atoms with van der Waals surface area (Å²) in [4.78, 5) is 0. The van der Waals surface area contributed by atoms with E-state index in [0.29, 0.717) is 0 Å². The van der Waals surface area contributed by atoms with E-state index < -0.39 is 0 Å². The van der Waals surface area contributed by atoms with Gasteiger partial charge in [-0.15, -0.1) is 0 Å². The van der Waals surface area contributed by atoms with Crippen LogP contribution in [0.3, 0.4) is 0 Å². The number of aryl methyl sites for hydroxylation is 1. The molecule has 1 unspecified atom stereocenters. The molecule has 2 aliphatic carbocycles. The summed E-state index contributed by atoms with van der Waals surface area (Å²) in [5.41, 5.74) is 9.10. The highest BCUT2D eigenvalue weighted by Crippen LogP contribution is 2.36. The molecule has 17 heavy (non-hydrogen) atoms. The Hall–Kier alpha value is -0.860. The van der Waals surface area contributed by atoms with Crippen LogP contribution in [-0.4, -0.2) is 13.1 Å². The second kappa shape index (κ2) is 4.43. The summed E-state index contributed by atoms with van der Waals surface area (Å²) in [6, 6.07) is 8.82. The second-order valence-electron chi connectivity index (χ2n) is 5.62. The van der Waals surface area contributed by atoms with Crippen LogP contribution >= 0.6 is 0 Å². The minimum atomic E-state index is 0.0530. The Morgan fingerprint density at radius 3 is 2.88 bits per heavy atom. The van der Waals surface area contributed by atoms with Crippen molar-refractivity contribution in [2.75, 3.05) is 13.1 Å². The van der Waals surface area contributed by atoms with Crippen molar-refractivity contribution < 1.29 is 0 Å². The molecule has 0 saturated heterocycles. The number of rotatable bonds is 4. The lowest BCUT2D eigenvalue weighted by atomic mass is 9.76. The Balaban J connectivity index is 1.87. The van der Waals surface area contributed by atoms with Crippen LogP contribution in [0.25, 0.3) is 0 Å². The lowest BCUT2D eigenvalue weighted by Gasteiger charge is -2.39. The molecule has 1 fully saturated rings. The first kappa shape index (κ1) is 11.2. The molecule has 3 rings (SSSR count). The number of benzene rings is 1. The van der Waals surface area contributed by atoms with Gasteiger partial charge in [-0.2, -0.15) is 0 Å². The fraction of sp³-hybridized carbons (Fsp3) is 0.600. The average Bonchev–Trinajstić information content (AvgIpc) is 3.20. The van der Waals surface area contributed by atoms with Crippen molar-refractivity contribution in [3.05, 3.63) is 35.4 Å². The van der Waals surface area contributed by atoms with Gasteiger partial charge >= 0.3 is 0 Å². The van der Waals surface area contributed by atoms with Gasteiger partial charge in [0.15, 0.2) is 0 Å². The van der Waals surface area contributed by atoms with Crippen molar-refractivity contribution in [2.45, 2.75) is 37.6 Å². The van der Waals surface area contributed by atoms with Crippen molar-refractivity contribution >= 4 is 0 Å². The lowest BCUT2D eigenvalue weighted by molar-refractivity contribution is 0.289. The van der Waals surface area contributed by atoms with E-state index in [1.165, 1.54) is 43.2 Å². The van der Waals surface area contributed by atoms with Crippen LogP contribution in [0.1, 0.15) is 36.8 Å². The first-order chi connectivity index (χ1) is 8.34. The predicted octanol–water partition coefficient (Wildman–Crippen LogP) is 2.18. The van der Waals surface area contributed by atoms with E-state index in [4.69, 9.17) is 5.73 Å². The first-order valence-corrected chi connectivity index (χ1v) is 6.87. The molecule has 92 valence electrons. The van der Waals surface area contributed by atoms with Crippen LogP contribution in [0, 0.1) is 5.92 Å². The molecule has 1 aromatic carbocycles. The zero-order chi connectivity index (χ0) is 11.7. The SMILES string of the molecule is NCC1(NCC2CC2)CCCc2ccccc21. The highest BCUT2D eigenvalue weighted by atomic mass is 15.0. The van der Waals surface area contributed by atoms with E-state index in [1.54, 1.807) is 0 Å². The van der Waals surface area contributed by atoms with Gasteiger partial charge in [-0.3, -0.25) is 0 Å². The highest BCUT2D eigenvalue weighted by molar-refractivity contribution is 5.36. The standard InChI is InChI=1S/C15H22N2/c16-11-15(17-10-12-7-8-12)9-3-5-13-4-1-2-6-14(13)15/h1-2,4,6,12,17H,3,5,7-11,16H2. The monoisotopic (exact) mass is 230 g/mol. The fourth-order valence-electron chi connectivity index (χ4n) is 3.05. The third-order valence-corrected chi connectivity index (χ3v) is 4.36. The third-order valence-electron chi connectivity index (χ3n) is 4.36. The number of fused-ring (bicyclic) bond motifs is 1. The maximum atomic E-state index is 6.10. The molecule has 1 atom stereocenters. The average molecular weight is 230 g/mol. The van der Waals surface area contributed by atoms with Crippen LogP contribution in [0.5, 0.6) is 0 Å². The van der Waals surface area contributed by atoms with Gasteiger partial charge in [0.1, 0.15) is 0 Å². The molecule has 2 aliphatic rings. The van der Waals surface area contributed by atoms with Gasteiger partial charge in [0.2, 0.25) is 0 Å². The summed E-state index contributed by atoms with van der Waals surface area (Å²) >= 11 is 0. The Bertz CT molecular complexity index is 398. The van der Waals surface area contributed by atoms with Crippen molar-refractivity contribution in [1.82, 2.24) is 5.32 Å². The van der Waals surface area contributed by atoms with E-state index in [1.807, 2.05) is 0 Å². The maximum absolute atomic E-state index is 6.10. The molecule has 3 N–H and O–H groups in total. The van der Waals surface area contributed by atoms with E-state index in [2.05, 4.69) is 29.6 Å². The largest absolute Gasteiger partial charge is 0.328 e. The Labute approximate surface area is 104 Å². The fourth-order valence-corrected chi connectivity index (χ4v) is 3.05. The topological polar surface area (TPSA) is 38.0 Å². The first-order valence-electron chi connectivity index (χ1n) is 6.87. The van der Waals surface area contributed by atoms with Crippen LogP contribution in [0.2, 0.25) is 0 Å². The van der Waals surface area contributed by atoms with Gasteiger partial charge in [-0.1, -0.05) is 24.3 Å². The van der Waals surface area contributed by atoms with Gasteiger partial charge in [-0.05, 0) is 55.7 Å². The quantitative estimate of drug-likeness (QED) is 0.832. The Morgan fingerprint density at radius 1 is 1.29 bits per heavy atom. The molecule has 0 heterocycles. The minimum Gasteiger partial charge on any atom is -0.328 e. The Kier molecular flexibility index (Phi) is 2.93. The summed E-state index contributed by atoms with van der Waals surface area (Å²) < 4.78 is 0. The van der Waals surface area contributed by atoms with Gasteiger partial charge in [-0.25, -0.2) is 0 Å². The number of hydrogen-bond donors (Lipinski definition) is 2. The smallest absolute Gasteiger partial charge is 0.0561 e. The van der Waals surface area contributed by atoms with Gasteiger partial charge in [0.05, 0.1) is 5.54 Å². The van der Waals surface area contributed by atoms with Crippen molar-refractivity contribution in [3.63, 3.8) is 0 Å². The van der Waals surface area contributed by atoms with Crippen LogP contribution in [0.4, 0.5) is 0 Å². The molecule has 0 bridgehead atoms. The number of nitrogens with one attached hydrogen (secondary N) is 1. The normalized spacial score (nSPS) is 27.8. The van der Waals surface area contributed by atoms with Crippen LogP contribution in [0.15, 0.2) is 24.3 Å². The van der Waals surface area contributed by atoms with Gasteiger partial charge < -0.3 is 11.1 Å². The zero-order valence-corrected chi connectivity index (χ0v) is 10.4. The maximum Gasteiger partial charge on any atom is 0.0561 e. The summed E-state index contributed by atoms with van der Waals surface area (Å²) in [7, 11) is 0. The van der Waals surface area contributed by atoms with Crippen LogP contribution in [-0.2, 0) is 12.0 Å². The van der Waals surface area contributed by atoms with E-state index in [-0.39, 0.29) is 5.54 Å². The number of hydrogen-bond acceptors (Lipinski definition) is 2. The van der Waals surface area contributed by atoms with Gasteiger partial charge in [0.25, 0.3) is 0 Å². The molecule has 0 aliphatic heterocycles. The molecule has 2 heteroatoms. The molecule has 0 radical (unpaired) electrons. The zero-order valence-electron chi connectivity index (χ0n) is 10.4. The molecular weight excluding hydrogens is 208 g/mol. The molecule has 0 aromatic heterocycles. The summed E-state index contributed by atoms with van der Waals surface area (Å²) in [6.45, 7) is 1.86. The van der Waals surface area contributed by atoms with Crippen molar-refractivity contribution in [3.8, 4) is 0 Å². The summed E-state index contributed by atoms with van der Waals surface area (Å²) in [5.74, 6) is 0.910. The lowest BCUT2D eigenvalue weighted by Crippen LogP contribution is -2.51. The predicted molar refractivity (Wildman–Crippen MR) is 70.8 cm³/mol. The van der Waals surface area contributed by atoms with E-state index in [0.717, 1.165) is 19.0 Å². The van der Waals surface area contributed by atoms with Crippen LogP contribution < -0.4 is 11.1 Å². The third kappa shape index (κ3) is 2.12. The van der Waals surface area contributed by atoms with Gasteiger partial charge in [0, 0.05) is 6.54 Å². The van der Waals surface area contributed by atoms with Crippen molar-refractivity contribution in [1.29, 1.82) is 0 Å². The molecular formula is C15H22N2. The minimum absolute atomic E-state index is 0.0530. The number of nitrogens with two attached hydrogens (primary N) is 1. The second-order valence-corrected chi connectivity index (χ2v) is 5.62.